The Balaban J connectivity index is 1.56. The zero-order valence-corrected chi connectivity index (χ0v) is 16.5. The van der Waals surface area contributed by atoms with Crippen molar-refractivity contribution >= 4 is 17.8 Å². The van der Waals surface area contributed by atoms with Gasteiger partial charge in [0.2, 0.25) is 0 Å². The molecule has 2 heterocycles. The van der Waals surface area contributed by atoms with Crippen molar-refractivity contribution < 1.29 is 14.4 Å². The van der Waals surface area contributed by atoms with Gasteiger partial charge in [-0.2, -0.15) is 0 Å². The Kier molecular flexibility index (Phi) is 4.03. The molecule has 144 valence electrons. The number of rotatable bonds is 3. The van der Waals surface area contributed by atoms with E-state index < -0.39 is 5.54 Å². The van der Waals surface area contributed by atoms with Crippen molar-refractivity contribution in [1.29, 1.82) is 0 Å². The molecule has 4 amide bonds. The highest BCUT2D eigenvalue weighted by Gasteiger charge is 2.49. The third kappa shape index (κ3) is 2.68. The fourth-order valence-electron chi connectivity index (χ4n) is 3.93. The van der Waals surface area contributed by atoms with Crippen LogP contribution in [0, 0.1) is 0 Å². The summed E-state index contributed by atoms with van der Waals surface area (Å²) in [7, 11) is 3.33. The molecule has 2 aliphatic heterocycles. The minimum Gasteiger partial charge on any atom is -0.337 e. The number of hydrogen-bond donors (Lipinski definition) is 0. The Morgan fingerprint density at radius 2 is 1.57 bits per heavy atom. The monoisotopic (exact) mass is 377 g/mol. The van der Waals surface area contributed by atoms with Gasteiger partial charge in [0.15, 0.2) is 0 Å². The molecule has 28 heavy (non-hydrogen) atoms. The number of carbonyl (C=O) groups is 3. The Labute approximate surface area is 164 Å². The van der Waals surface area contributed by atoms with Crippen LogP contribution in [0.1, 0.15) is 35.3 Å². The maximum Gasteiger partial charge on any atom is 0.327 e. The smallest absolute Gasteiger partial charge is 0.327 e. The van der Waals surface area contributed by atoms with Crippen LogP contribution in [0.15, 0.2) is 42.5 Å². The Bertz CT molecular complexity index is 995. The standard InChI is InChI=1S/C22H23N3O3/c1-22(2)20(27)24(4)21(28)25(22)12-14-5-7-15(8-6-14)16-9-10-18-17(11-16)13-23(3)19(18)26/h5-11H,12-13H2,1-4H3. The molecule has 2 aromatic carbocycles. The maximum absolute atomic E-state index is 12.4. The lowest BCUT2D eigenvalue weighted by atomic mass is 9.99. The highest BCUT2D eigenvalue weighted by Crippen LogP contribution is 2.30. The van der Waals surface area contributed by atoms with Crippen LogP contribution in [-0.4, -0.2) is 52.2 Å². The zero-order valence-electron chi connectivity index (χ0n) is 16.5. The van der Waals surface area contributed by atoms with Crippen LogP contribution in [0.4, 0.5) is 4.79 Å². The Hall–Kier alpha value is -3.15. The minimum absolute atomic E-state index is 0.0642. The van der Waals surface area contributed by atoms with Gasteiger partial charge in [-0.1, -0.05) is 30.3 Å². The number of nitrogens with zero attached hydrogens (tertiary/aromatic N) is 3. The van der Waals surface area contributed by atoms with Gasteiger partial charge in [0.25, 0.3) is 11.8 Å². The molecule has 2 aliphatic rings. The van der Waals surface area contributed by atoms with Crippen LogP contribution >= 0.6 is 0 Å². The fraction of sp³-hybridized carbons (Fsp3) is 0.318. The van der Waals surface area contributed by atoms with Gasteiger partial charge in [0, 0.05) is 32.7 Å². The first-order valence-electron chi connectivity index (χ1n) is 9.27. The molecule has 0 bridgehead atoms. The third-order valence-electron chi connectivity index (χ3n) is 5.74. The van der Waals surface area contributed by atoms with Gasteiger partial charge in [-0.25, -0.2) is 4.79 Å². The van der Waals surface area contributed by atoms with E-state index in [1.54, 1.807) is 30.7 Å². The van der Waals surface area contributed by atoms with Gasteiger partial charge in [-0.15, -0.1) is 0 Å². The topological polar surface area (TPSA) is 60.9 Å². The number of carbonyl (C=O) groups excluding carboxylic acids is 3. The number of urea groups is 1. The second kappa shape index (κ2) is 6.19. The first kappa shape index (κ1) is 18.2. The molecule has 0 aliphatic carbocycles. The summed E-state index contributed by atoms with van der Waals surface area (Å²) in [5.74, 6) is -0.124. The highest BCUT2D eigenvalue weighted by atomic mass is 16.2. The predicted octanol–water partition coefficient (Wildman–Crippen LogP) is 3.11. The van der Waals surface area contributed by atoms with E-state index in [2.05, 4.69) is 6.07 Å². The van der Waals surface area contributed by atoms with Gasteiger partial charge < -0.3 is 9.80 Å². The Morgan fingerprint density at radius 3 is 2.18 bits per heavy atom. The summed E-state index contributed by atoms with van der Waals surface area (Å²) in [6.07, 6.45) is 0. The molecule has 0 unspecified atom stereocenters. The van der Waals surface area contributed by atoms with Crippen molar-refractivity contribution in [2.45, 2.75) is 32.5 Å². The lowest BCUT2D eigenvalue weighted by Gasteiger charge is -2.27. The van der Waals surface area contributed by atoms with E-state index in [0.29, 0.717) is 13.1 Å². The summed E-state index contributed by atoms with van der Waals surface area (Å²) in [5, 5.41) is 0. The average molecular weight is 377 g/mol. The summed E-state index contributed by atoms with van der Waals surface area (Å²) in [6, 6.07) is 13.6. The van der Waals surface area contributed by atoms with E-state index >= 15 is 0 Å². The number of hydrogen-bond acceptors (Lipinski definition) is 3. The quantitative estimate of drug-likeness (QED) is 0.772. The van der Waals surface area contributed by atoms with Crippen LogP contribution < -0.4 is 0 Å². The van der Waals surface area contributed by atoms with Crippen molar-refractivity contribution in [2.24, 2.45) is 0 Å². The van der Waals surface area contributed by atoms with E-state index in [-0.39, 0.29) is 17.8 Å². The predicted molar refractivity (Wildman–Crippen MR) is 105 cm³/mol. The van der Waals surface area contributed by atoms with Gasteiger partial charge in [0.1, 0.15) is 5.54 Å². The highest BCUT2D eigenvalue weighted by molar-refractivity contribution is 6.06. The van der Waals surface area contributed by atoms with Gasteiger partial charge >= 0.3 is 6.03 Å². The zero-order chi connectivity index (χ0) is 20.2. The molecular weight excluding hydrogens is 354 g/mol. The minimum atomic E-state index is -0.844. The SMILES string of the molecule is CN1Cc2cc(-c3ccc(CN4C(=O)N(C)C(=O)C4(C)C)cc3)ccc2C1=O. The molecule has 6 nitrogen and oxygen atoms in total. The molecule has 0 saturated carbocycles. The molecule has 0 spiro atoms. The number of likely N-dealkylation sites (N-methyl/N-ethyl adjacent to an activating group) is 1. The summed E-state index contributed by atoms with van der Waals surface area (Å²) in [4.78, 5) is 41.2. The number of imide groups is 1. The number of fused-ring (bicyclic) bond motifs is 1. The molecule has 6 heteroatoms. The van der Waals surface area contributed by atoms with Crippen molar-refractivity contribution in [3.8, 4) is 11.1 Å². The first-order chi connectivity index (χ1) is 13.2. The van der Waals surface area contributed by atoms with Crippen LogP contribution in [0.25, 0.3) is 11.1 Å². The molecule has 2 aromatic rings. The van der Waals surface area contributed by atoms with Crippen LogP contribution in [0.5, 0.6) is 0 Å². The molecule has 1 fully saturated rings. The van der Waals surface area contributed by atoms with E-state index in [1.165, 1.54) is 11.9 Å². The molecule has 0 N–H and O–H groups in total. The van der Waals surface area contributed by atoms with Crippen LogP contribution in [0.3, 0.4) is 0 Å². The van der Waals surface area contributed by atoms with E-state index in [4.69, 9.17) is 0 Å². The molecule has 4 rings (SSSR count). The summed E-state index contributed by atoms with van der Waals surface area (Å²) in [6.45, 7) is 4.56. The second-order valence-corrected chi connectivity index (χ2v) is 8.02. The fourth-order valence-corrected chi connectivity index (χ4v) is 3.93. The summed E-state index contributed by atoms with van der Waals surface area (Å²) >= 11 is 0. The lowest BCUT2D eigenvalue weighted by Crippen LogP contribution is -2.43. The molecule has 0 atom stereocenters. The van der Waals surface area contributed by atoms with Crippen LogP contribution in [-0.2, 0) is 17.9 Å². The van der Waals surface area contributed by atoms with Gasteiger partial charge in [-0.3, -0.25) is 14.5 Å². The largest absolute Gasteiger partial charge is 0.337 e. The van der Waals surface area contributed by atoms with E-state index in [1.807, 2.05) is 36.4 Å². The first-order valence-corrected chi connectivity index (χ1v) is 9.27. The van der Waals surface area contributed by atoms with Gasteiger partial charge in [-0.05, 0) is 48.2 Å². The molecule has 0 radical (unpaired) electrons. The molecule has 1 saturated heterocycles. The van der Waals surface area contributed by atoms with Crippen LogP contribution in [0.2, 0.25) is 0 Å². The second-order valence-electron chi connectivity index (χ2n) is 8.02. The van der Waals surface area contributed by atoms with Crippen molar-refractivity contribution in [2.75, 3.05) is 14.1 Å². The maximum atomic E-state index is 12.4. The lowest BCUT2D eigenvalue weighted by molar-refractivity contribution is -0.131. The Morgan fingerprint density at radius 1 is 0.929 bits per heavy atom. The van der Waals surface area contributed by atoms with E-state index in [9.17, 15) is 14.4 Å². The average Bonchev–Trinajstić information content (AvgIpc) is 3.04. The number of amides is 4. The van der Waals surface area contributed by atoms with Crippen molar-refractivity contribution in [3.63, 3.8) is 0 Å². The summed E-state index contributed by atoms with van der Waals surface area (Å²) in [5.41, 5.74) is 4.04. The molecule has 0 aromatic heterocycles. The summed E-state index contributed by atoms with van der Waals surface area (Å²) < 4.78 is 0. The van der Waals surface area contributed by atoms with Gasteiger partial charge in [0.05, 0.1) is 0 Å². The molecular formula is C22H23N3O3. The normalized spacial score (nSPS) is 18.3. The third-order valence-corrected chi connectivity index (χ3v) is 5.74. The van der Waals surface area contributed by atoms with Crippen molar-refractivity contribution in [1.82, 2.24) is 14.7 Å². The number of benzene rings is 2. The van der Waals surface area contributed by atoms with E-state index in [0.717, 1.165) is 27.8 Å². The van der Waals surface area contributed by atoms with Crippen molar-refractivity contribution in [3.05, 3.63) is 59.2 Å².